The second kappa shape index (κ2) is 15.4. The van der Waals surface area contributed by atoms with Crippen LogP contribution in [0, 0.1) is 0 Å². The molecule has 12 rings (SSSR count). The van der Waals surface area contributed by atoms with Crippen molar-refractivity contribution in [2.24, 2.45) is 0 Å². The van der Waals surface area contributed by atoms with E-state index in [-0.39, 0.29) is 0 Å². The third kappa shape index (κ3) is 6.12. The van der Waals surface area contributed by atoms with E-state index >= 15 is 0 Å². The molecule has 10 aromatic carbocycles. The Kier molecular flexibility index (Phi) is 9.10. The highest BCUT2D eigenvalue weighted by Crippen LogP contribution is 2.47. The van der Waals surface area contributed by atoms with Gasteiger partial charge in [0.15, 0.2) is 8.07 Å². The van der Waals surface area contributed by atoms with E-state index in [4.69, 9.17) is 0 Å². The van der Waals surface area contributed by atoms with E-state index in [2.05, 4.69) is 254 Å². The van der Waals surface area contributed by atoms with Crippen LogP contribution < -0.4 is 25.6 Å². The summed E-state index contributed by atoms with van der Waals surface area (Å²) < 4.78 is 2.63. The summed E-state index contributed by atoms with van der Waals surface area (Å²) in [4.78, 5) is 2.40. The number of thiophene rings is 1. The molecule has 63 heavy (non-hydrogen) atoms. The Morgan fingerprint density at radius 2 is 0.778 bits per heavy atom. The van der Waals surface area contributed by atoms with Gasteiger partial charge >= 0.3 is 0 Å². The van der Waals surface area contributed by atoms with Crippen molar-refractivity contribution in [3.63, 3.8) is 0 Å². The summed E-state index contributed by atoms with van der Waals surface area (Å²) in [6.45, 7) is 0. The fourth-order valence-electron chi connectivity index (χ4n) is 10.2. The number of hydrogen-bond acceptors (Lipinski definition) is 2. The van der Waals surface area contributed by atoms with Crippen LogP contribution >= 0.6 is 11.3 Å². The molecule has 0 aliphatic carbocycles. The quantitative estimate of drug-likeness (QED) is 0.138. The van der Waals surface area contributed by atoms with Crippen LogP contribution in [0.1, 0.15) is 0 Å². The first kappa shape index (κ1) is 37.2. The molecule has 296 valence electrons. The number of nitrogens with zero attached hydrogens (tertiary/aromatic N) is 1. The summed E-state index contributed by atoms with van der Waals surface area (Å²) in [5.41, 5.74) is 13.4. The maximum absolute atomic E-state index is 2.65. The number of fused-ring (bicyclic) bond motifs is 7. The van der Waals surface area contributed by atoms with Gasteiger partial charge in [0, 0.05) is 37.2 Å². The average Bonchev–Trinajstić information content (AvgIpc) is 3.90. The van der Waals surface area contributed by atoms with Crippen LogP contribution in [-0.2, 0) is 0 Å². The summed E-state index contributed by atoms with van der Waals surface area (Å²) in [5.74, 6) is 0. The minimum absolute atomic E-state index is 1.11. The lowest BCUT2D eigenvalue weighted by Gasteiger charge is -2.31. The van der Waals surface area contributed by atoms with Gasteiger partial charge in [-0.05, 0) is 114 Å². The summed E-state index contributed by atoms with van der Waals surface area (Å²) in [5, 5.41) is 8.48. The Labute approximate surface area is 373 Å². The van der Waals surface area contributed by atoms with Gasteiger partial charge in [-0.15, -0.1) is 11.3 Å². The predicted molar refractivity (Wildman–Crippen MR) is 273 cm³/mol. The molecule has 0 bridgehead atoms. The Hall–Kier alpha value is -7.56. The maximum atomic E-state index is 2.48. The molecule has 11 aromatic rings. The molecular formula is C60H41NSSi. The van der Waals surface area contributed by atoms with Gasteiger partial charge in [-0.2, -0.15) is 0 Å². The third-order valence-corrected chi connectivity index (χ3v) is 18.9. The fourth-order valence-corrected chi connectivity index (χ4v) is 16.5. The smallest absolute Gasteiger partial charge is 0.180 e. The molecule has 0 atom stereocenters. The molecule has 0 fully saturated rings. The van der Waals surface area contributed by atoms with Crippen LogP contribution in [0.25, 0.3) is 64.7 Å². The van der Waals surface area contributed by atoms with Gasteiger partial charge in [0.25, 0.3) is 0 Å². The SMILES string of the molecule is c1ccc(-c2ccc(N(c3ccc(-c4ccccc4)cc3)c3cccc(-c4cccc5sc6ccc7c(c6c45)-c4ccccc4[Si]7(c4ccccc4)c4ccccc4)c3)cc2)cc1. The van der Waals surface area contributed by atoms with E-state index in [1.54, 1.807) is 0 Å². The second-order valence-electron chi connectivity index (χ2n) is 16.4. The maximum Gasteiger partial charge on any atom is 0.180 e. The molecule has 0 N–H and O–H groups in total. The highest BCUT2D eigenvalue weighted by Gasteiger charge is 2.49. The summed E-state index contributed by atoms with van der Waals surface area (Å²) in [7, 11) is -2.65. The van der Waals surface area contributed by atoms with E-state index in [9.17, 15) is 0 Å². The molecule has 3 heteroatoms. The van der Waals surface area contributed by atoms with Crippen LogP contribution in [0.15, 0.2) is 249 Å². The van der Waals surface area contributed by atoms with Crippen LogP contribution in [0.2, 0.25) is 0 Å². The lowest BCUT2D eigenvalue weighted by molar-refractivity contribution is 1.28. The first-order valence-electron chi connectivity index (χ1n) is 21.7. The molecule has 1 aromatic heterocycles. The molecule has 0 saturated carbocycles. The van der Waals surface area contributed by atoms with Gasteiger partial charge in [0.2, 0.25) is 0 Å². The van der Waals surface area contributed by atoms with Crippen molar-refractivity contribution in [2.45, 2.75) is 0 Å². The molecule has 2 heterocycles. The third-order valence-electron chi connectivity index (χ3n) is 13.0. The largest absolute Gasteiger partial charge is 0.310 e. The molecule has 1 aliphatic rings. The number of rotatable bonds is 8. The Bertz CT molecular complexity index is 3290. The van der Waals surface area contributed by atoms with Gasteiger partial charge in [-0.25, -0.2) is 0 Å². The average molecular weight is 836 g/mol. The number of hydrogen-bond donors (Lipinski definition) is 0. The van der Waals surface area contributed by atoms with Crippen LogP contribution in [0.3, 0.4) is 0 Å². The second-order valence-corrected chi connectivity index (χ2v) is 21.2. The highest BCUT2D eigenvalue weighted by atomic mass is 32.1. The van der Waals surface area contributed by atoms with Crippen molar-refractivity contribution in [3.8, 4) is 44.5 Å². The zero-order valence-electron chi connectivity index (χ0n) is 34.5. The van der Waals surface area contributed by atoms with Crippen LogP contribution in [0.4, 0.5) is 17.1 Å². The molecule has 0 unspecified atom stereocenters. The van der Waals surface area contributed by atoms with Crippen molar-refractivity contribution < 1.29 is 0 Å². The zero-order valence-corrected chi connectivity index (χ0v) is 36.3. The Morgan fingerprint density at radius 3 is 1.38 bits per heavy atom. The lowest BCUT2D eigenvalue weighted by atomic mass is 9.94. The van der Waals surface area contributed by atoms with Crippen LogP contribution in [-0.4, -0.2) is 8.07 Å². The van der Waals surface area contributed by atoms with Gasteiger partial charge in [0.05, 0.1) is 0 Å². The molecule has 1 aliphatic heterocycles. The molecule has 0 radical (unpaired) electrons. The highest BCUT2D eigenvalue weighted by molar-refractivity contribution is 7.26. The van der Waals surface area contributed by atoms with Crippen molar-refractivity contribution in [1.82, 2.24) is 0 Å². The number of anilines is 3. The van der Waals surface area contributed by atoms with E-state index in [0.29, 0.717) is 0 Å². The van der Waals surface area contributed by atoms with Gasteiger partial charge in [0.1, 0.15) is 0 Å². The summed E-state index contributed by atoms with van der Waals surface area (Å²) in [6.07, 6.45) is 0. The van der Waals surface area contributed by atoms with Crippen LogP contribution in [0.5, 0.6) is 0 Å². The topological polar surface area (TPSA) is 3.24 Å². The van der Waals surface area contributed by atoms with E-state index in [0.717, 1.165) is 17.1 Å². The molecule has 0 spiro atoms. The first-order chi connectivity index (χ1) is 31.3. The molecule has 0 amide bonds. The van der Waals surface area contributed by atoms with E-state index < -0.39 is 8.07 Å². The normalized spacial score (nSPS) is 12.6. The minimum Gasteiger partial charge on any atom is -0.310 e. The lowest BCUT2D eigenvalue weighted by Crippen LogP contribution is -2.72. The molecule has 0 saturated heterocycles. The van der Waals surface area contributed by atoms with Gasteiger partial charge in [-0.3, -0.25) is 0 Å². The van der Waals surface area contributed by atoms with Crippen molar-refractivity contribution in [3.05, 3.63) is 249 Å². The zero-order chi connectivity index (χ0) is 41.7. The predicted octanol–water partition coefficient (Wildman–Crippen LogP) is 13.9. The first-order valence-corrected chi connectivity index (χ1v) is 24.5. The Balaban J connectivity index is 1.05. The monoisotopic (exact) mass is 835 g/mol. The van der Waals surface area contributed by atoms with Gasteiger partial charge in [-0.1, -0.05) is 200 Å². The van der Waals surface area contributed by atoms with Crippen molar-refractivity contribution in [1.29, 1.82) is 0 Å². The Morgan fingerprint density at radius 1 is 0.302 bits per heavy atom. The number of benzene rings is 10. The minimum atomic E-state index is -2.65. The summed E-state index contributed by atoms with van der Waals surface area (Å²) in [6, 6.07) is 92.1. The molecule has 1 nitrogen and oxygen atoms in total. The molecular weight excluding hydrogens is 795 g/mol. The van der Waals surface area contributed by atoms with Crippen molar-refractivity contribution in [2.75, 3.05) is 4.90 Å². The van der Waals surface area contributed by atoms with E-state index in [1.807, 2.05) is 11.3 Å². The summed E-state index contributed by atoms with van der Waals surface area (Å²) >= 11 is 1.91. The standard InChI is InChI=1S/C60H41NSSi/c1-5-17-42(18-6-1)44-31-35-47(36-32-44)61(48-37-33-45(34-38-48)43-19-7-2-8-20-43)49-22-15-21-46(41-49)52-28-16-29-54-58(52)60-55(62-54)39-40-57-59(60)53-27-13-14-30-56(53)63(57,50-23-9-3-10-24-50)51-25-11-4-12-26-51/h1-41H. The fraction of sp³-hybridized carbons (Fsp3) is 0. The van der Waals surface area contributed by atoms with E-state index in [1.165, 1.54) is 85.4 Å². The van der Waals surface area contributed by atoms with Gasteiger partial charge < -0.3 is 4.90 Å². The van der Waals surface area contributed by atoms with Crippen molar-refractivity contribution >= 4 is 77.4 Å².